The van der Waals surface area contributed by atoms with E-state index in [1.807, 2.05) is 12.1 Å². The van der Waals surface area contributed by atoms with Gasteiger partial charge in [-0.3, -0.25) is 0 Å². The minimum Gasteiger partial charge on any atom is -0.311 e. The maximum atomic E-state index is 13.4. The van der Waals surface area contributed by atoms with Crippen molar-refractivity contribution >= 4 is 0 Å². The number of rotatable bonds is 5. The summed E-state index contributed by atoms with van der Waals surface area (Å²) < 4.78 is 13.4. The zero-order chi connectivity index (χ0) is 11.5. The van der Waals surface area contributed by atoms with Gasteiger partial charge >= 0.3 is 0 Å². The fourth-order valence-electron chi connectivity index (χ4n) is 2.08. The largest absolute Gasteiger partial charge is 0.311 e. The number of hydrogen-bond acceptors (Lipinski definition) is 1. The number of nitrogens with one attached hydrogen (secondary N) is 1. The van der Waals surface area contributed by atoms with Gasteiger partial charge in [0.2, 0.25) is 0 Å². The van der Waals surface area contributed by atoms with Crippen LogP contribution in [0.15, 0.2) is 24.3 Å². The Kier molecular flexibility index (Phi) is 3.59. The smallest absolute Gasteiger partial charge is 0.126 e. The second-order valence-electron chi connectivity index (χ2n) is 5.02. The van der Waals surface area contributed by atoms with Crippen molar-refractivity contribution in [3.8, 4) is 0 Å². The third-order valence-electron chi connectivity index (χ3n) is 3.41. The molecule has 1 saturated carbocycles. The van der Waals surface area contributed by atoms with E-state index in [-0.39, 0.29) is 5.82 Å². The maximum absolute atomic E-state index is 13.4. The topological polar surface area (TPSA) is 12.0 Å². The molecule has 1 aromatic carbocycles. The summed E-state index contributed by atoms with van der Waals surface area (Å²) in [6, 6.07) is 8.24. The highest BCUT2D eigenvalue weighted by Gasteiger charge is 2.32. The van der Waals surface area contributed by atoms with Gasteiger partial charge in [0.25, 0.3) is 0 Å². The van der Waals surface area contributed by atoms with Crippen LogP contribution < -0.4 is 5.32 Å². The van der Waals surface area contributed by atoms with Gasteiger partial charge in [0.15, 0.2) is 0 Å². The van der Waals surface area contributed by atoms with Crippen molar-refractivity contribution in [3.05, 3.63) is 35.6 Å². The van der Waals surface area contributed by atoms with Crippen molar-refractivity contribution in [2.24, 2.45) is 5.92 Å². The molecule has 1 aliphatic rings. The van der Waals surface area contributed by atoms with Gasteiger partial charge in [-0.2, -0.15) is 0 Å². The first-order chi connectivity index (χ1) is 7.66. The standard InChI is InChI=1S/C14H20FN/c1-10-9-14(10)16-11(2)7-8-12-5-3-4-6-13(12)15/h3-6,10-11,14,16H,7-9H2,1-2H3. The van der Waals surface area contributed by atoms with Gasteiger partial charge in [-0.05, 0) is 43.7 Å². The second-order valence-corrected chi connectivity index (χ2v) is 5.02. The molecular formula is C14H20FN. The Balaban J connectivity index is 1.76. The van der Waals surface area contributed by atoms with E-state index in [4.69, 9.17) is 0 Å². The zero-order valence-electron chi connectivity index (χ0n) is 10.0. The minimum absolute atomic E-state index is 0.0745. The number of halogens is 1. The molecule has 0 aromatic heterocycles. The average molecular weight is 221 g/mol. The highest BCUT2D eigenvalue weighted by molar-refractivity contribution is 5.17. The minimum atomic E-state index is -0.0745. The molecule has 1 N–H and O–H groups in total. The van der Waals surface area contributed by atoms with Crippen molar-refractivity contribution in [3.63, 3.8) is 0 Å². The van der Waals surface area contributed by atoms with Gasteiger partial charge in [-0.1, -0.05) is 25.1 Å². The van der Waals surface area contributed by atoms with Crippen LogP contribution in [-0.4, -0.2) is 12.1 Å². The van der Waals surface area contributed by atoms with E-state index >= 15 is 0 Å². The molecule has 16 heavy (non-hydrogen) atoms. The Hall–Kier alpha value is -0.890. The first-order valence-electron chi connectivity index (χ1n) is 6.16. The average Bonchev–Trinajstić information content (AvgIpc) is 2.93. The quantitative estimate of drug-likeness (QED) is 0.805. The van der Waals surface area contributed by atoms with E-state index in [1.54, 1.807) is 6.07 Å². The molecule has 3 unspecified atom stereocenters. The number of aryl methyl sites for hydroxylation is 1. The Morgan fingerprint density at radius 1 is 1.44 bits per heavy atom. The number of benzene rings is 1. The van der Waals surface area contributed by atoms with Crippen LogP contribution in [-0.2, 0) is 6.42 Å². The highest BCUT2D eigenvalue weighted by atomic mass is 19.1. The number of hydrogen-bond donors (Lipinski definition) is 1. The summed E-state index contributed by atoms with van der Waals surface area (Å²) in [5.41, 5.74) is 0.833. The van der Waals surface area contributed by atoms with Crippen LogP contribution in [0.5, 0.6) is 0 Å². The third kappa shape index (κ3) is 3.05. The molecule has 1 nitrogen and oxygen atoms in total. The lowest BCUT2D eigenvalue weighted by Crippen LogP contribution is -2.29. The van der Waals surface area contributed by atoms with Crippen LogP contribution in [0.4, 0.5) is 4.39 Å². The molecule has 0 saturated heterocycles. The lowest BCUT2D eigenvalue weighted by molar-refractivity contribution is 0.493. The molecule has 0 aliphatic heterocycles. The van der Waals surface area contributed by atoms with Crippen molar-refractivity contribution in [1.29, 1.82) is 0 Å². The molecule has 2 heteroatoms. The SMILES string of the molecule is CC(CCc1ccccc1F)NC1CC1C. The molecule has 3 atom stereocenters. The Bertz CT molecular complexity index is 350. The van der Waals surface area contributed by atoms with Crippen molar-refractivity contribution in [2.75, 3.05) is 0 Å². The van der Waals surface area contributed by atoms with Crippen LogP contribution in [0.25, 0.3) is 0 Å². The molecule has 0 radical (unpaired) electrons. The summed E-state index contributed by atoms with van der Waals surface area (Å²) in [5.74, 6) is 0.755. The van der Waals surface area contributed by atoms with Crippen LogP contribution in [0.1, 0.15) is 32.3 Å². The van der Waals surface area contributed by atoms with E-state index in [0.29, 0.717) is 12.1 Å². The predicted molar refractivity (Wildman–Crippen MR) is 64.9 cm³/mol. The first kappa shape index (κ1) is 11.6. The van der Waals surface area contributed by atoms with Gasteiger partial charge in [0, 0.05) is 12.1 Å². The van der Waals surface area contributed by atoms with Gasteiger partial charge in [-0.15, -0.1) is 0 Å². The lowest BCUT2D eigenvalue weighted by Gasteiger charge is -2.13. The fraction of sp³-hybridized carbons (Fsp3) is 0.571. The van der Waals surface area contributed by atoms with Gasteiger partial charge in [-0.25, -0.2) is 4.39 Å². The van der Waals surface area contributed by atoms with Crippen LogP contribution in [0, 0.1) is 11.7 Å². The monoisotopic (exact) mass is 221 g/mol. The second kappa shape index (κ2) is 4.96. The lowest BCUT2D eigenvalue weighted by atomic mass is 10.1. The van der Waals surface area contributed by atoms with Gasteiger partial charge in [0.1, 0.15) is 5.82 Å². The molecule has 0 spiro atoms. The molecule has 1 fully saturated rings. The molecule has 0 bridgehead atoms. The zero-order valence-corrected chi connectivity index (χ0v) is 10.0. The molecule has 0 heterocycles. The van der Waals surface area contributed by atoms with E-state index < -0.39 is 0 Å². The predicted octanol–water partition coefficient (Wildman–Crippen LogP) is 3.14. The van der Waals surface area contributed by atoms with Crippen molar-refractivity contribution in [2.45, 2.75) is 45.2 Å². The van der Waals surface area contributed by atoms with Crippen LogP contribution in [0.2, 0.25) is 0 Å². The third-order valence-corrected chi connectivity index (χ3v) is 3.41. The first-order valence-corrected chi connectivity index (χ1v) is 6.16. The van der Waals surface area contributed by atoms with Crippen molar-refractivity contribution < 1.29 is 4.39 Å². The Morgan fingerprint density at radius 2 is 2.12 bits per heavy atom. The summed E-state index contributed by atoms with van der Waals surface area (Å²) >= 11 is 0. The summed E-state index contributed by atoms with van der Waals surface area (Å²) in [5, 5.41) is 3.57. The molecule has 2 rings (SSSR count). The normalized spacial score (nSPS) is 25.4. The molecular weight excluding hydrogens is 201 g/mol. The molecule has 1 aromatic rings. The van der Waals surface area contributed by atoms with Crippen LogP contribution >= 0.6 is 0 Å². The summed E-state index contributed by atoms with van der Waals surface area (Å²) in [6.07, 6.45) is 3.12. The summed E-state index contributed by atoms with van der Waals surface area (Å²) in [6.45, 7) is 4.45. The molecule has 0 amide bonds. The Morgan fingerprint density at radius 3 is 2.75 bits per heavy atom. The highest BCUT2D eigenvalue weighted by Crippen LogP contribution is 2.29. The van der Waals surface area contributed by atoms with E-state index in [9.17, 15) is 4.39 Å². The van der Waals surface area contributed by atoms with Crippen LogP contribution in [0.3, 0.4) is 0 Å². The van der Waals surface area contributed by atoms with E-state index in [1.165, 1.54) is 12.5 Å². The maximum Gasteiger partial charge on any atom is 0.126 e. The van der Waals surface area contributed by atoms with E-state index in [0.717, 1.165) is 24.3 Å². The Labute approximate surface area is 97.1 Å². The summed E-state index contributed by atoms with van der Waals surface area (Å²) in [7, 11) is 0. The van der Waals surface area contributed by atoms with Crippen molar-refractivity contribution in [1.82, 2.24) is 5.32 Å². The van der Waals surface area contributed by atoms with Gasteiger partial charge in [0.05, 0.1) is 0 Å². The molecule has 88 valence electrons. The fourth-order valence-corrected chi connectivity index (χ4v) is 2.08. The van der Waals surface area contributed by atoms with E-state index in [2.05, 4.69) is 19.2 Å². The van der Waals surface area contributed by atoms with Gasteiger partial charge < -0.3 is 5.32 Å². The molecule has 1 aliphatic carbocycles. The summed E-state index contributed by atoms with van der Waals surface area (Å²) in [4.78, 5) is 0.